The van der Waals surface area contributed by atoms with Crippen molar-refractivity contribution in [3.8, 4) is 0 Å². The summed E-state index contributed by atoms with van der Waals surface area (Å²) in [6.07, 6.45) is 8.07. The van der Waals surface area contributed by atoms with E-state index in [2.05, 4.69) is 43.4 Å². The molecule has 1 saturated carbocycles. The van der Waals surface area contributed by atoms with Crippen molar-refractivity contribution in [3.05, 3.63) is 35.4 Å². The van der Waals surface area contributed by atoms with Gasteiger partial charge in [0.25, 0.3) is 0 Å². The Morgan fingerprint density at radius 1 is 1.00 bits per heavy atom. The summed E-state index contributed by atoms with van der Waals surface area (Å²) in [5.41, 5.74) is 3.14. The molecule has 0 aliphatic heterocycles. The van der Waals surface area contributed by atoms with Gasteiger partial charge in [0.05, 0.1) is 0 Å². The molecule has 0 aromatic heterocycles. The molecule has 1 aromatic carbocycles. The highest BCUT2D eigenvalue weighted by Crippen LogP contribution is 2.34. The second-order valence-electron chi connectivity index (χ2n) is 6.92. The smallest absolute Gasteiger partial charge is 0.0325 e. The molecule has 19 heavy (non-hydrogen) atoms. The van der Waals surface area contributed by atoms with Crippen molar-refractivity contribution in [2.45, 2.75) is 64.5 Å². The number of hydrogen-bond acceptors (Lipinski definition) is 1. The van der Waals surface area contributed by atoms with Crippen LogP contribution in [-0.2, 0) is 6.42 Å². The van der Waals surface area contributed by atoms with E-state index in [9.17, 15) is 0 Å². The first kappa shape index (κ1) is 13.2. The predicted octanol–water partition coefficient (Wildman–Crippen LogP) is 4.48. The van der Waals surface area contributed by atoms with Gasteiger partial charge >= 0.3 is 0 Å². The Kier molecular flexibility index (Phi) is 3.93. The number of rotatable bonds is 2. The van der Waals surface area contributed by atoms with Crippen LogP contribution in [0.5, 0.6) is 0 Å². The van der Waals surface area contributed by atoms with Gasteiger partial charge in [-0.2, -0.15) is 0 Å². The van der Waals surface area contributed by atoms with Crippen molar-refractivity contribution < 1.29 is 0 Å². The molecule has 1 aromatic rings. The molecule has 0 bridgehead atoms. The van der Waals surface area contributed by atoms with Crippen LogP contribution >= 0.6 is 0 Å². The maximum Gasteiger partial charge on any atom is 0.0325 e. The number of nitrogens with one attached hydrogen (secondary N) is 1. The summed E-state index contributed by atoms with van der Waals surface area (Å²) in [4.78, 5) is 0. The minimum absolute atomic E-state index is 0.604. The van der Waals surface area contributed by atoms with Crippen LogP contribution in [0.25, 0.3) is 0 Å². The molecule has 3 atom stereocenters. The van der Waals surface area contributed by atoms with E-state index in [-0.39, 0.29) is 0 Å². The zero-order valence-electron chi connectivity index (χ0n) is 12.4. The fraction of sp³-hybridized carbons (Fsp3) is 0.667. The van der Waals surface area contributed by atoms with Crippen LogP contribution in [-0.4, -0.2) is 6.04 Å². The summed E-state index contributed by atoms with van der Waals surface area (Å²) in [6, 6.07) is 10.4. The normalized spacial score (nSPS) is 34.8. The van der Waals surface area contributed by atoms with Crippen LogP contribution in [0.4, 0.5) is 0 Å². The lowest BCUT2D eigenvalue weighted by Crippen LogP contribution is -2.39. The second kappa shape index (κ2) is 5.66. The van der Waals surface area contributed by atoms with E-state index in [1.165, 1.54) is 38.5 Å². The number of fused-ring (bicyclic) bond motifs is 1. The Hall–Kier alpha value is -0.820. The molecule has 0 spiro atoms. The molecule has 3 rings (SSSR count). The summed E-state index contributed by atoms with van der Waals surface area (Å²) in [7, 11) is 0. The van der Waals surface area contributed by atoms with Gasteiger partial charge in [0.2, 0.25) is 0 Å². The Bertz CT molecular complexity index is 415. The summed E-state index contributed by atoms with van der Waals surface area (Å²) in [5, 5.41) is 3.97. The van der Waals surface area contributed by atoms with Crippen molar-refractivity contribution in [3.63, 3.8) is 0 Å². The third-order valence-electron chi connectivity index (χ3n) is 4.98. The molecule has 2 aliphatic rings. The molecule has 0 radical (unpaired) electrons. The van der Waals surface area contributed by atoms with Crippen LogP contribution in [0.2, 0.25) is 0 Å². The zero-order chi connectivity index (χ0) is 13.2. The van der Waals surface area contributed by atoms with E-state index in [4.69, 9.17) is 0 Å². The van der Waals surface area contributed by atoms with E-state index in [0.29, 0.717) is 6.04 Å². The van der Waals surface area contributed by atoms with E-state index in [0.717, 1.165) is 17.9 Å². The van der Waals surface area contributed by atoms with E-state index >= 15 is 0 Å². The molecule has 1 heteroatoms. The van der Waals surface area contributed by atoms with Gasteiger partial charge in [-0.05, 0) is 61.5 Å². The molecule has 2 aliphatic carbocycles. The highest BCUT2D eigenvalue weighted by molar-refractivity contribution is 5.32. The van der Waals surface area contributed by atoms with Crippen molar-refractivity contribution in [1.29, 1.82) is 0 Å². The molecule has 1 fully saturated rings. The SMILES string of the molecule is CC1CC(C)CC(NC2CCCc3ccccc32)C1. The lowest BCUT2D eigenvalue weighted by molar-refractivity contribution is 0.220. The molecule has 1 nitrogen and oxygen atoms in total. The first-order chi connectivity index (χ1) is 9.22. The van der Waals surface area contributed by atoms with Crippen LogP contribution in [0.15, 0.2) is 24.3 Å². The van der Waals surface area contributed by atoms with Crippen molar-refractivity contribution >= 4 is 0 Å². The molecule has 104 valence electrons. The lowest BCUT2D eigenvalue weighted by Gasteiger charge is -2.36. The average Bonchev–Trinajstić information content (AvgIpc) is 2.38. The topological polar surface area (TPSA) is 12.0 Å². The van der Waals surface area contributed by atoms with Gasteiger partial charge < -0.3 is 5.32 Å². The Morgan fingerprint density at radius 2 is 1.74 bits per heavy atom. The molecule has 0 saturated heterocycles. The number of aryl methyl sites for hydroxylation is 1. The standard InChI is InChI=1S/C18H27N/c1-13-10-14(2)12-16(11-13)19-18-9-5-7-15-6-3-4-8-17(15)18/h3-4,6,8,13-14,16,18-19H,5,7,9-12H2,1-2H3. The van der Waals surface area contributed by atoms with Gasteiger partial charge in [-0.15, -0.1) is 0 Å². The third-order valence-corrected chi connectivity index (χ3v) is 4.98. The van der Waals surface area contributed by atoms with Gasteiger partial charge in [-0.25, -0.2) is 0 Å². The minimum Gasteiger partial charge on any atom is -0.307 e. The Labute approximate surface area is 117 Å². The second-order valence-corrected chi connectivity index (χ2v) is 6.92. The van der Waals surface area contributed by atoms with Gasteiger partial charge in [-0.3, -0.25) is 0 Å². The van der Waals surface area contributed by atoms with Crippen LogP contribution in [0.3, 0.4) is 0 Å². The minimum atomic E-state index is 0.604. The summed E-state index contributed by atoms with van der Waals surface area (Å²) < 4.78 is 0. The molecule has 3 unspecified atom stereocenters. The number of benzene rings is 1. The quantitative estimate of drug-likeness (QED) is 0.823. The molecule has 1 N–H and O–H groups in total. The van der Waals surface area contributed by atoms with Crippen molar-refractivity contribution in [2.24, 2.45) is 11.8 Å². The van der Waals surface area contributed by atoms with Crippen LogP contribution < -0.4 is 5.32 Å². The van der Waals surface area contributed by atoms with Gasteiger partial charge in [0.1, 0.15) is 0 Å². The van der Waals surface area contributed by atoms with Crippen molar-refractivity contribution in [2.75, 3.05) is 0 Å². The Balaban J connectivity index is 1.70. The summed E-state index contributed by atoms with van der Waals surface area (Å²) >= 11 is 0. The van der Waals surface area contributed by atoms with Gasteiger partial charge in [0.15, 0.2) is 0 Å². The van der Waals surface area contributed by atoms with E-state index in [1.807, 2.05) is 0 Å². The number of hydrogen-bond donors (Lipinski definition) is 1. The molecule has 0 amide bonds. The molecule has 0 heterocycles. The highest BCUT2D eigenvalue weighted by atomic mass is 15.0. The molecular formula is C18H27N. The summed E-state index contributed by atoms with van der Waals surface area (Å²) in [5.74, 6) is 1.78. The largest absolute Gasteiger partial charge is 0.307 e. The van der Waals surface area contributed by atoms with E-state index in [1.54, 1.807) is 11.1 Å². The predicted molar refractivity (Wildman–Crippen MR) is 81.2 cm³/mol. The van der Waals surface area contributed by atoms with Crippen molar-refractivity contribution in [1.82, 2.24) is 5.32 Å². The highest BCUT2D eigenvalue weighted by Gasteiger charge is 2.27. The van der Waals surface area contributed by atoms with Gasteiger partial charge in [-0.1, -0.05) is 38.1 Å². The average molecular weight is 257 g/mol. The maximum atomic E-state index is 3.97. The zero-order valence-corrected chi connectivity index (χ0v) is 12.4. The van der Waals surface area contributed by atoms with E-state index < -0.39 is 0 Å². The maximum absolute atomic E-state index is 3.97. The molecular weight excluding hydrogens is 230 g/mol. The Morgan fingerprint density at radius 3 is 2.53 bits per heavy atom. The monoisotopic (exact) mass is 257 g/mol. The van der Waals surface area contributed by atoms with Gasteiger partial charge in [0, 0.05) is 12.1 Å². The van der Waals surface area contributed by atoms with Crippen LogP contribution in [0, 0.1) is 11.8 Å². The fourth-order valence-corrected chi connectivity index (χ4v) is 4.29. The lowest BCUT2D eigenvalue weighted by atomic mass is 9.79. The third kappa shape index (κ3) is 3.02. The van der Waals surface area contributed by atoms with Crippen LogP contribution in [0.1, 0.15) is 63.1 Å². The first-order valence-corrected chi connectivity index (χ1v) is 8.06. The first-order valence-electron chi connectivity index (χ1n) is 8.06. The summed E-state index contributed by atoms with van der Waals surface area (Å²) in [6.45, 7) is 4.83. The fourth-order valence-electron chi connectivity index (χ4n) is 4.29.